The molecule has 1 unspecified atom stereocenters. The van der Waals surface area contributed by atoms with Crippen molar-refractivity contribution in [1.29, 1.82) is 0 Å². The first kappa shape index (κ1) is 11.0. The summed E-state index contributed by atoms with van der Waals surface area (Å²) < 4.78 is 5.29. The lowest BCUT2D eigenvalue weighted by Gasteiger charge is -2.18. The van der Waals surface area contributed by atoms with Gasteiger partial charge in [0.15, 0.2) is 0 Å². The fraction of sp³-hybridized carbons (Fsp3) is 1.00. The van der Waals surface area contributed by atoms with Crippen LogP contribution in [0.1, 0.15) is 40.0 Å². The third kappa shape index (κ3) is 5.27. The first-order valence-electron chi connectivity index (χ1n) is 5.39. The van der Waals surface area contributed by atoms with E-state index in [1.165, 1.54) is 19.3 Å². The molecule has 1 atom stereocenters. The molecule has 0 spiro atoms. The van der Waals surface area contributed by atoms with Crippen LogP contribution in [0.4, 0.5) is 0 Å². The predicted octanol–water partition coefficient (Wildman–Crippen LogP) is 2.19. The van der Waals surface area contributed by atoms with Gasteiger partial charge in [-0.3, -0.25) is 0 Å². The van der Waals surface area contributed by atoms with E-state index in [0.717, 1.165) is 19.8 Å². The molecule has 0 amide bonds. The Bertz CT molecular complexity index is 134. The molecule has 13 heavy (non-hydrogen) atoms. The molecule has 2 heteroatoms. The summed E-state index contributed by atoms with van der Waals surface area (Å²) in [6.45, 7) is 9.89. The van der Waals surface area contributed by atoms with Crippen molar-refractivity contribution in [2.45, 2.75) is 46.1 Å². The first-order valence-corrected chi connectivity index (χ1v) is 5.39. The van der Waals surface area contributed by atoms with Gasteiger partial charge in [-0.2, -0.15) is 0 Å². The molecule has 0 aromatic heterocycles. The minimum Gasteiger partial charge on any atom is -0.380 e. The minimum absolute atomic E-state index is 0.480. The van der Waals surface area contributed by atoms with Crippen LogP contribution in [0.3, 0.4) is 0 Å². The molecule has 0 bridgehead atoms. The monoisotopic (exact) mass is 185 g/mol. The van der Waals surface area contributed by atoms with E-state index in [4.69, 9.17) is 4.74 Å². The maximum absolute atomic E-state index is 5.29. The molecule has 0 aromatic carbocycles. The zero-order valence-corrected chi connectivity index (χ0v) is 9.23. The predicted molar refractivity (Wildman–Crippen MR) is 55.9 cm³/mol. The van der Waals surface area contributed by atoms with Gasteiger partial charge in [-0.1, -0.05) is 20.8 Å². The molecule has 1 aliphatic rings. The van der Waals surface area contributed by atoms with Gasteiger partial charge in [0.05, 0.1) is 6.61 Å². The second-order valence-corrected chi connectivity index (χ2v) is 5.18. The van der Waals surface area contributed by atoms with Gasteiger partial charge in [0.2, 0.25) is 0 Å². The van der Waals surface area contributed by atoms with Gasteiger partial charge >= 0.3 is 0 Å². The van der Waals surface area contributed by atoms with E-state index in [9.17, 15) is 0 Å². The van der Waals surface area contributed by atoms with E-state index >= 15 is 0 Å². The van der Waals surface area contributed by atoms with E-state index in [-0.39, 0.29) is 0 Å². The summed E-state index contributed by atoms with van der Waals surface area (Å²) in [5.41, 5.74) is 0.480. The molecule has 0 radical (unpaired) electrons. The van der Waals surface area contributed by atoms with E-state index in [1.54, 1.807) is 0 Å². The highest BCUT2D eigenvalue weighted by Crippen LogP contribution is 2.19. The second kappa shape index (κ2) is 4.97. The fourth-order valence-corrected chi connectivity index (χ4v) is 1.62. The van der Waals surface area contributed by atoms with Gasteiger partial charge in [0, 0.05) is 12.6 Å². The summed E-state index contributed by atoms with van der Waals surface area (Å²) in [6, 6.07) is 0.625. The molecule has 1 rings (SSSR count). The first-order chi connectivity index (χ1) is 6.08. The molecule has 1 N–H and O–H groups in total. The van der Waals surface area contributed by atoms with Crippen LogP contribution in [0.5, 0.6) is 0 Å². The van der Waals surface area contributed by atoms with Gasteiger partial charge in [-0.15, -0.1) is 0 Å². The Morgan fingerprint density at radius 2 is 2.15 bits per heavy atom. The molecule has 0 aliphatic carbocycles. The van der Waals surface area contributed by atoms with E-state index < -0.39 is 0 Å². The summed E-state index contributed by atoms with van der Waals surface area (Å²) in [4.78, 5) is 0. The fourth-order valence-electron chi connectivity index (χ4n) is 1.62. The van der Waals surface area contributed by atoms with Gasteiger partial charge in [0.1, 0.15) is 0 Å². The highest BCUT2D eigenvalue weighted by atomic mass is 16.5. The van der Waals surface area contributed by atoms with E-state index in [2.05, 4.69) is 26.1 Å². The van der Waals surface area contributed by atoms with Crippen molar-refractivity contribution in [2.24, 2.45) is 5.41 Å². The van der Waals surface area contributed by atoms with Crippen molar-refractivity contribution in [2.75, 3.05) is 19.8 Å². The summed E-state index contributed by atoms with van der Waals surface area (Å²) >= 11 is 0. The van der Waals surface area contributed by atoms with Crippen LogP contribution in [0.2, 0.25) is 0 Å². The second-order valence-electron chi connectivity index (χ2n) is 5.18. The average Bonchev–Trinajstić information content (AvgIpc) is 2.48. The molecule has 1 aliphatic heterocycles. The highest BCUT2D eigenvalue weighted by Gasteiger charge is 2.14. The Morgan fingerprint density at radius 3 is 2.69 bits per heavy atom. The summed E-state index contributed by atoms with van der Waals surface area (Å²) in [7, 11) is 0. The molecular weight excluding hydrogens is 162 g/mol. The van der Waals surface area contributed by atoms with Crippen LogP contribution in [0.15, 0.2) is 0 Å². The molecular formula is C11H23NO. The van der Waals surface area contributed by atoms with E-state index in [1.807, 2.05) is 0 Å². The lowest BCUT2D eigenvalue weighted by molar-refractivity contribution is 0.189. The molecule has 2 nitrogen and oxygen atoms in total. The van der Waals surface area contributed by atoms with Crippen LogP contribution in [-0.4, -0.2) is 25.8 Å². The average molecular weight is 185 g/mol. The zero-order chi connectivity index (χ0) is 9.73. The third-order valence-electron chi connectivity index (χ3n) is 2.47. The Morgan fingerprint density at radius 1 is 1.38 bits per heavy atom. The smallest absolute Gasteiger partial charge is 0.0620 e. The summed E-state index contributed by atoms with van der Waals surface area (Å²) in [5.74, 6) is 0. The van der Waals surface area contributed by atoms with Gasteiger partial charge in [-0.25, -0.2) is 0 Å². The van der Waals surface area contributed by atoms with Crippen molar-refractivity contribution in [1.82, 2.24) is 5.32 Å². The minimum atomic E-state index is 0.480. The number of rotatable bonds is 4. The normalized spacial score (nSPS) is 23.8. The standard InChI is InChI=1S/C11H23NO/c1-11(2,3)6-4-7-12-10-5-8-13-9-10/h10,12H,4-9H2,1-3H3. The van der Waals surface area contributed by atoms with Crippen LogP contribution in [0.25, 0.3) is 0 Å². The SMILES string of the molecule is CC(C)(C)CCCNC1CCOC1. The Kier molecular flexibility index (Phi) is 4.20. The van der Waals surface area contributed by atoms with E-state index in [0.29, 0.717) is 11.5 Å². The summed E-state index contributed by atoms with van der Waals surface area (Å²) in [5, 5.41) is 3.53. The van der Waals surface area contributed by atoms with Crippen molar-refractivity contribution in [3.8, 4) is 0 Å². The summed E-state index contributed by atoms with van der Waals surface area (Å²) in [6.07, 6.45) is 3.77. The maximum atomic E-state index is 5.29. The Balaban J connectivity index is 1.94. The van der Waals surface area contributed by atoms with Gasteiger partial charge in [0.25, 0.3) is 0 Å². The van der Waals surface area contributed by atoms with Gasteiger partial charge in [-0.05, 0) is 31.2 Å². The maximum Gasteiger partial charge on any atom is 0.0620 e. The van der Waals surface area contributed by atoms with Crippen LogP contribution in [0, 0.1) is 5.41 Å². The van der Waals surface area contributed by atoms with Gasteiger partial charge < -0.3 is 10.1 Å². The Labute approximate surface area is 82.0 Å². The number of hydrogen-bond donors (Lipinski definition) is 1. The number of ether oxygens (including phenoxy) is 1. The number of hydrogen-bond acceptors (Lipinski definition) is 2. The zero-order valence-electron chi connectivity index (χ0n) is 9.23. The van der Waals surface area contributed by atoms with Crippen molar-refractivity contribution in [3.63, 3.8) is 0 Å². The molecule has 1 heterocycles. The third-order valence-corrected chi connectivity index (χ3v) is 2.47. The molecule has 0 aromatic rings. The lowest BCUT2D eigenvalue weighted by Crippen LogP contribution is -2.30. The van der Waals surface area contributed by atoms with Crippen LogP contribution in [-0.2, 0) is 4.74 Å². The Hall–Kier alpha value is -0.0800. The van der Waals surface area contributed by atoms with Crippen molar-refractivity contribution >= 4 is 0 Å². The molecule has 0 saturated carbocycles. The van der Waals surface area contributed by atoms with Crippen LogP contribution < -0.4 is 5.32 Å². The van der Waals surface area contributed by atoms with Crippen LogP contribution >= 0.6 is 0 Å². The van der Waals surface area contributed by atoms with Crippen molar-refractivity contribution < 1.29 is 4.74 Å². The molecule has 1 fully saturated rings. The van der Waals surface area contributed by atoms with Crippen molar-refractivity contribution in [3.05, 3.63) is 0 Å². The lowest BCUT2D eigenvalue weighted by atomic mass is 9.90. The largest absolute Gasteiger partial charge is 0.380 e. The molecule has 78 valence electrons. The highest BCUT2D eigenvalue weighted by molar-refractivity contribution is 4.71. The topological polar surface area (TPSA) is 21.3 Å². The number of nitrogens with one attached hydrogen (secondary N) is 1. The molecule has 1 saturated heterocycles. The quantitative estimate of drug-likeness (QED) is 0.678.